The topological polar surface area (TPSA) is 97.7 Å². The zero-order valence-corrected chi connectivity index (χ0v) is 47.6. The summed E-state index contributed by atoms with van der Waals surface area (Å²) in [5.41, 5.74) is 0. The molecule has 1 aliphatic rings. The normalized spacial score (nSPS) is 27.2. The molecule has 0 N–H and O–H groups in total. The molecule has 0 spiro atoms. The molecule has 1 fully saturated rings. The summed E-state index contributed by atoms with van der Waals surface area (Å²) in [6.07, 6.45) is 32.0. The van der Waals surface area contributed by atoms with Crippen LogP contribution >= 0.6 is 94.6 Å². The first-order valence-corrected chi connectivity index (χ1v) is 35.4. The monoisotopic (exact) mass is 1020 g/mol. The van der Waals surface area contributed by atoms with Crippen LogP contribution in [0.3, 0.4) is 0 Å². The molecule has 0 saturated carbocycles. The van der Waals surface area contributed by atoms with Crippen LogP contribution in [0.1, 0.15) is 157 Å². The summed E-state index contributed by atoms with van der Waals surface area (Å²) < 4.78 is 42.5. The van der Waals surface area contributed by atoms with E-state index in [9.17, 15) is 0 Å². The van der Waals surface area contributed by atoms with Crippen LogP contribution in [-0.2, 0) is 27.1 Å². The molecule has 0 aromatic carbocycles. The molecule has 60 heavy (non-hydrogen) atoms. The summed E-state index contributed by atoms with van der Waals surface area (Å²) in [7, 11) is -10.3. The summed E-state index contributed by atoms with van der Waals surface area (Å²) in [4.78, 5) is 16.6. The Labute approximate surface area is 399 Å². The Kier molecular flexibility index (Phi) is 38.6. The van der Waals surface area contributed by atoms with E-state index >= 15 is 0 Å². The second kappa shape index (κ2) is 37.9. The summed E-state index contributed by atoms with van der Waals surface area (Å²) in [6, 6.07) is 0. The summed E-state index contributed by atoms with van der Waals surface area (Å²) in [5.74, 6) is 0. The van der Waals surface area contributed by atoms with E-state index in [4.69, 9.17) is 41.7 Å². The molecule has 1 aliphatic heterocycles. The van der Waals surface area contributed by atoms with Gasteiger partial charge in [-0.3, -0.25) is 0 Å². The molecule has 6 radical (unpaired) electrons. The fraction of sp³-hybridized carbons (Fsp3) is 1.00. The molecule has 0 aliphatic carbocycles. The Morgan fingerprint density at radius 1 is 0.283 bits per heavy atom. The molecule has 0 aromatic heterocycles. The van der Waals surface area contributed by atoms with Crippen molar-refractivity contribution in [2.24, 2.45) is 0 Å². The molecule has 0 aromatic rings. The number of hydrogen-bond acceptors (Lipinski definition) is 12. The molecule has 1 saturated heterocycles. The van der Waals surface area contributed by atoms with Gasteiger partial charge in [0.25, 0.3) is 0 Å². The first-order chi connectivity index (χ1) is 29.1. The second-order valence-electron chi connectivity index (χ2n) is 15.3. The van der Waals surface area contributed by atoms with Gasteiger partial charge in [0, 0.05) is 0 Å². The van der Waals surface area contributed by atoms with E-state index in [-0.39, 0.29) is 0 Å². The third-order valence-electron chi connectivity index (χ3n) is 10.5. The van der Waals surface area contributed by atoms with Crippen molar-refractivity contribution in [2.45, 2.75) is 189 Å². The standard InChI is InChI=1S/C42H90N3O6P3S6/c1-13-19-37(55-7)25-31-46-52(47-32-26-38(56-8)20-14-2)43-53(48-33-27-39(57-9)21-15-3,49-34-28-40(58-10)22-16-4)45-54(44-52,50-35-29-41(59-11)23-17-5)51-36-30-42(60-12)24-18-6/h37-42H,13-36H2,1-12H3. The van der Waals surface area contributed by atoms with Crippen molar-refractivity contribution < 1.29 is 27.1 Å². The van der Waals surface area contributed by atoms with E-state index in [0.29, 0.717) is 71.1 Å². The molecular weight excluding hydrogens is 928 g/mol. The van der Waals surface area contributed by atoms with Crippen LogP contribution in [0.5, 0.6) is 0 Å². The average Bonchev–Trinajstić information content (AvgIpc) is 3.24. The molecule has 0 bridgehead atoms. The van der Waals surface area contributed by atoms with Gasteiger partial charge < -0.3 is 0 Å². The van der Waals surface area contributed by atoms with Gasteiger partial charge in [0.2, 0.25) is 0 Å². The van der Waals surface area contributed by atoms with Gasteiger partial charge >= 0.3 is 402 Å². The van der Waals surface area contributed by atoms with E-state index in [1.807, 2.05) is 70.6 Å². The first kappa shape index (κ1) is 61.0. The van der Waals surface area contributed by atoms with Crippen LogP contribution in [0, 0.1) is 0 Å². The minimum atomic E-state index is -3.42. The Hall–Kier alpha value is 3.03. The molecule has 1 rings (SSSR count). The molecule has 6 atom stereocenters. The van der Waals surface area contributed by atoms with Gasteiger partial charge in [-0.05, 0) is 0 Å². The maximum absolute atomic E-state index is 7.08. The van der Waals surface area contributed by atoms with Crippen molar-refractivity contribution in [3.8, 4) is 0 Å². The van der Waals surface area contributed by atoms with Crippen molar-refractivity contribution in [1.82, 2.24) is 14.6 Å². The Bertz CT molecular complexity index is 825. The molecule has 1 heterocycles. The van der Waals surface area contributed by atoms with Crippen molar-refractivity contribution in [3.05, 3.63) is 0 Å². The summed E-state index contributed by atoms with van der Waals surface area (Å²) >= 11 is 11.4. The van der Waals surface area contributed by atoms with Crippen molar-refractivity contribution in [3.63, 3.8) is 0 Å². The van der Waals surface area contributed by atoms with E-state index < -0.39 is 24.1 Å². The third-order valence-corrected chi connectivity index (χ3v) is 25.9. The number of rotatable bonds is 42. The second-order valence-corrected chi connectivity index (χ2v) is 28.8. The Morgan fingerprint density at radius 3 is 0.550 bits per heavy atom. The van der Waals surface area contributed by atoms with Crippen LogP contribution in [0.4, 0.5) is 0 Å². The molecule has 0 amide bonds. The van der Waals surface area contributed by atoms with Crippen LogP contribution in [0.15, 0.2) is 0 Å². The van der Waals surface area contributed by atoms with Crippen LogP contribution < -0.4 is 14.6 Å². The molecule has 9 nitrogen and oxygen atoms in total. The molecular formula is C42H90N3O6P3S6. The van der Waals surface area contributed by atoms with Gasteiger partial charge in [-0.25, -0.2) is 0 Å². The zero-order chi connectivity index (χ0) is 44.5. The van der Waals surface area contributed by atoms with Crippen LogP contribution in [0.2, 0.25) is 0 Å². The van der Waals surface area contributed by atoms with E-state index in [2.05, 4.69) is 79.1 Å². The van der Waals surface area contributed by atoms with Gasteiger partial charge in [0.1, 0.15) is 0 Å². The fourth-order valence-corrected chi connectivity index (χ4v) is 21.3. The van der Waals surface area contributed by atoms with Crippen LogP contribution in [0.25, 0.3) is 0 Å². The zero-order valence-electron chi connectivity index (χ0n) is 40.0. The van der Waals surface area contributed by atoms with Crippen molar-refractivity contribution >= 4 is 94.6 Å². The van der Waals surface area contributed by atoms with Crippen LogP contribution in [-0.4, -0.2) is 109 Å². The fourth-order valence-electron chi connectivity index (χ4n) is 6.93. The maximum atomic E-state index is 7.08. The molecule has 6 unspecified atom stereocenters. The average molecular weight is 1020 g/mol. The predicted molar refractivity (Wildman–Crippen MR) is 284 cm³/mol. The Balaban J connectivity index is 3.97. The number of hydrogen-bond donors (Lipinski definition) is 0. The van der Waals surface area contributed by atoms with Gasteiger partial charge in [-0.1, -0.05) is 0 Å². The summed E-state index contributed by atoms with van der Waals surface area (Å²) in [5, 5.41) is 2.85. The third kappa shape index (κ3) is 25.4. The van der Waals surface area contributed by atoms with Gasteiger partial charge in [0.15, 0.2) is 0 Å². The Morgan fingerprint density at radius 2 is 0.433 bits per heavy atom. The number of thioether (sulfide) groups is 6. The predicted octanol–water partition coefficient (Wildman–Crippen LogP) is 15.5. The first-order valence-electron chi connectivity index (χ1n) is 23.0. The van der Waals surface area contributed by atoms with E-state index in [1.165, 1.54) is 0 Å². The van der Waals surface area contributed by atoms with Gasteiger partial charge in [-0.2, -0.15) is 0 Å². The van der Waals surface area contributed by atoms with E-state index in [0.717, 1.165) is 116 Å². The number of nitrogens with zero attached hydrogens (tertiary/aromatic N) is 3. The van der Waals surface area contributed by atoms with Crippen molar-refractivity contribution in [1.29, 1.82) is 0 Å². The molecule has 360 valence electrons. The van der Waals surface area contributed by atoms with E-state index in [1.54, 1.807) is 0 Å². The quantitative estimate of drug-likeness (QED) is 0.0545. The molecule has 18 heteroatoms. The SMILES string of the molecule is CCCC(CCO[P-]1(OCCC(CCC)SC)[N+][P-](OCCC(CCC)SC)(OCCC(CCC)SC)[N+][P-](OCCC(CCC)SC)(OCCC(CCC)SC)[N+]1)SC. The van der Waals surface area contributed by atoms with Crippen molar-refractivity contribution in [2.75, 3.05) is 77.2 Å². The van der Waals surface area contributed by atoms with Gasteiger partial charge in [0.05, 0.1) is 0 Å². The van der Waals surface area contributed by atoms with Gasteiger partial charge in [-0.15, -0.1) is 0 Å². The minimum absolute atomic E-state index is 0.472. The summed E-state index contributed by atoms with van der Waals surface area (Å²) in [6.45, 7) is 16.3.